The fourth-order valence-electron chi connectivity index (χ4n) is 2.37. The molecule has 19 heavy (non-hydrogen) atoms. The van der Waals surface area contributed by atoms with Gasteiger partial charge in [-0.3, -0.25) is 0 Å². The molecular weight excluding hydrogens is 263 g/mol. The first kappa shape index (κ1) is 16.9. The van der Waals surface area contributed by atoms with Gasteiger partial charge in [-0.15, -0.1) is 0 Å². The molecular formula is C16H17KO2. The molecule has 0 unspecified atom stereocenters. The molecule has 0 fully saturated rings. The zero-order valence-electron chi connectivity index (χ0n) is 11.8. The zero-order valence-corrected chi connectivity index (χ0v) is 14.9. The van der Waals surface area contributed by atoms with Gasteiger partial charge in [0.15, 0.2) is 0 Å². The molecule has 0 aliphatic carbocycles. The quantitative estimate of drug-likeness (QED) is 0.697. The van der Waals surface area contributed by atoms with Crippen molar-refractivity contribution in [2.24, 2.45) is 5.92 Å². The monoisotopic (exact) mass is 280 g/mol. The van der Waals surface area contributed by atoms with Crippen LogP contribution in [0.5, 0.6) is 0 Å². The molecule has 2 nitrogen and oxygen atoms in total. The van der Waals surface area contributed by atoms with Crippen LogP contribution < -0.4 is 56.5 Å². The van der Waals surface area contributed by atoms with E-state index >= 15 is 0 Å². The second kappa shape index (κ2) is 7.55. The van der Waals surface area contributed by atoms with E-state index in [-0.39, 0.29) is 57.8 Å². The summed E-state index contributed by atoms with van der Waals surface area (Å²) >= 11 is 0. The Kier molecular flexibility index (Phi) is 6.70. The van der Waals surface area contributed by atoms with Gasteiger partial charge in [-0.2, -0.15) is 0 Å². The first-order chi connectivity index (χ1) is 8.58. The van der Waals surface area contributed by atoms with Crippen molar-refractivity contribution in [3.05, 3.63) is 47.5 Å². The van der Waals surface area contributed by atoms with E-state index < -0.39 is 5.97 Å². The van der Waals surface area contributed by atoms with Gasteiger partial charge in [0.2, 0.25) is 0 Å². The molecule has 0 spiro atoms. The number of benzene rings is 2. The second-order valence-electron chi connectivity index (χ2n) is 5.08. The first-order valence-electron chi connectivity index (χ1n) is 6.27. The largest absolute Gasteiger partial charge is 1.00 e. The molecule has 0 bridgehead atoms. The first-order valence-corrected chi connectivity index (χ1v) is 6.27. The Balaban J connectivity index is 0.00000180. The molecule has 0 heterocycles. The molecule has 0 saturated carbocycles. The van der Waals surface area contributed by atoms with E-state index in [4.69, 9.17) is 0 Å². The third-order valence-electron chi connectivity index (χ3n) is 3.07. The maximum atomic E-state index is 10.8. The van der Waals surface area contributed by atoms with Gasteiger partial charge in [-0.1, -0.05) is 50.2 Å². The zero-order chi connectivity index (χ0) is 13.1. The van der Waals surface area contributed by atoms with E-state index in [0.29, 0.717) is 5.92 Å². The topological polar surface area (TPSA) is 40.1 Å². The maximum Gasteiger partial charge on any atom is 1.00 e. The van der Waals surface area contributed by atoms with Crippen LogP contribution in [0, 0.1) is 5.92 Å². The van der Waals surface area contributed by atoms with Crippen LogP contribution in [0.15, 0.2) is 36.4 Å². The van der Waals surface area contributed by atoms with Crippen molar-refractivity contribution in [1.29, 1.82) is 0 Å². The number of rotatable bonds is 4. The van der Waals surface area contributed by atoms with Gasteiger partial charge in [0.1, 0.15) is 0 Å². The van der Waals surface area contributed by atoms with Crippen LogP contribution in [-0.2, 0) is 17.6 Å². The SMILES string of the molecule is CC(C)Cc1cccc2c(CC(=O)[O-])cccc12.[K+]. The van der Waals surface area contributed by atoms with Crippen LogP contribution in [-0.4, -0.2) is 5.97 Å². The minimum atomic E-state index is -1.03. The molecule has 0 saturated heterocycles. The summed E-state index contributed by atoms with van der Waals surface area (Å²) in [5.41, 5.74) is 2.11. The Morgan fingerprint density at radius 3 is 2.11 bits per heavy atom. The average molecular weight is 280 g/mol. The van der Waals surface area contributed by atoms with E-state index in [2.05, 4.69) is 26.0 Å². The normalized spacial score (nSPS) is 10.5. The van der Waals surface area contributed by atoms with E-state index in [9.17, 15) is 9.90 Å². The predicted octanol–water partition coefficient (Wildman–Crippen LogP) is -0.665. The Bertz CT molecular complexity index is 576. The summed E-state index contributed by atoms with van der Waals surface area (Å²) in [6, 6.07) is 11.9. The minimum Gasteiger partial charge on any atom is -0.550 e. The van der Waals surface area contributed by atoms with E-state index in [1.165, 1.54) is 5.56 Å². The number of aliphatic carboxylic acids is 1. The molecule has 0 N–H and O–H groups in total. The number of carbonyl (C=O) groups is 1. The molecule has 0 atom stereocenters. The molecule has 0 aliphatic rings. The van der Waals surface area contributed by atoms with Crippen molar-refractivity contribution in [3.63, 3.8) is 0 Å². The fourth-order valence-corrected chi connectivity index (χ4v) is 2.37. The van der Waals surface area contributed by atoms with Gasteiger partial charge in [0.05, 0.1) is 0 Å². The Hall–Kier alpha value is -0.194. The molecule has 2 aromatic rings. The molecule has 2 aromatic carbocycles. The van der Waals surface area contributed by atoms with Crippen molar-refractivity contribution in [2.45, 2.75) is 26.7 Å². The average Bonchev–Trinajstić information content (AvgIpc) is 2.29. The number of carboxylic acids is 1. The molecule has 0 amide bonds. The summed E-state index contributed by atoms with van der Waals surface area (Å²) in [4.78, 5) is 10.8. The third-order valence-corrected chi connectivity index (χ3v) is 3.07. The summed E-state index contributed by atoms with van der Waals surface area (Å²) in [5, 5.41) is 12.9. The summed E-state index contributed by atoms with van der Waals surface area (Å²) in [5.74, 6) is -0.447. The van der Waals surface area contributed by atoms with Crippen molar-refractivity contribution in [3.8, 4) is 0 Å². The van der Waals surface area contributed by atoms with Gasteiger partial charge in [-0.25, -0.2) is 0 Å². The third kappa shape index (κ3) is 4.40. The summed E-state index contributed by atoms with van der Waals surface area (Å²) in [7, 11) is 0. The van der Waals surface area contributed by atoms with Crippen molar-refractivity contribution in [2.75, 3.05) is 0 Å². The fraction of sp³-hybridized carbons (Fsp3) is 0.312. The molecule has 94 valence electrons. The number of carbonyl (C=O) groups excluding carboxylic acids is 1. The molecule has 0 aliphatic heterocycles. The summed E-state index contributed by atoms with van der Waals surface area (Å²) in [6.07, 6.45) is 0.981. The smallest absolute Gasteiger partial charge is 0.550 e. The summed E-state index contributed by atoms with van der Waals surface area (Å²) in [6.45, 7) is 4.37. The number of fused-ring (bicyclic) bond motifs is 1. The van der Waals surface area contributed by atoms with Gasteiger partial charge in [0, 0.05) is 12.4 Å². The maximum absolute atomic E-state index is 10.8. The van der Waals surface area contributed by atoms with Gasteiger partial charge >= 0.3 is 51.4 Å². The van der Waals surface area contributed by atoms with Gasteiger partial charge in [-0.05, 0) is 34.2 Å². The Morgan fingerprint density at radius 1 is 1.05 bits per heavy atom. The van der Waals surface area contributed by atoms with Crippen molar-refractivity contribution < 1.29 is 61.3 Å². The van der Waals surface area contributed by atoms with E-state index in [1.807, 2.05) is 24.3 Å². The van der Waals surface area contributed by atoms with Crippen LogP contribution in [0.25, 0.3) is 10.8 Å². The standard InChI is InChI=1S/C16H18O2.K/c1-11(2)9-12-5-3-8-15-13(10-16(17)18)6-4-7-14(12)15;/h3-8,11H,9-10H2,1-2H3,(H,17,18);/q;+1/p-1. The second-order valence-corrected chi connectivity index (χ2v) is 5.08. The van der Waals surface area contributed by atoms with Crippen molar-refractivity contribution in [1.82, 2.24) is 0 Å². The molecule has 0 aromatic heterocycles. The van der Waals surface area contributed by atoms with Crippen LogP contribution >= 0.6 is 0 Å². The molecule has 0 radical (unpaired) electrons. The Morgan fingerprint density at radius 2 is 1.58 bits per heavy atom. The van der Waals surface area contributed by atoms with Gasteiger partial charge in [0.25, 0.3) is 0 Å². The van der Waals surface area contributed by atoms with Crippen LogP contribution in [0.3, 0.4) is 0 Å². The van der Waals surface area contributed by atoms with Gasteiger partial charge < -0.3 is 9.90 Å². The summed E-state index contributed by atoms with van der Waals surface area (Å²) < 4.78 is 0. The molecule has 2 rings (SSSR count). The van der Waals surface area contributed by atoms with E-state index in [1.54, 1.807) is 0 Å². The number of hydrogen-bond donors (Lipinski definition) is 0. The Labute approximate surface area is 156 Å². The number of hydrogen-bond acceptors (Lipinski definition) is 2. The van der Waals surface area contributed by atoms with Crippen LogP contribution in [0.4, 0.5) is 0 Å². The van der Waals surface area contributed by atoms with E-state index in [0.717, 1.165) is 22.8 Å². The minimum absolute atomic E-state index is 0. The predicted molar refractivity (Wildman–Crippen MR) is 71.2 cm³/mol. The van der Waals surface area contributed by atoms with Crippen LogP contribution in [0.1, 0.15) is 25.0 Å². The van der Waals surface area contributed by atoms with Crippen LogP contribution in [0.2, 0.25) is 0 Å². The van der Waals surface area contributed by atoms with Crippen molar-refractivity contribution >= 4 is 16.7 Å². The molecule has 3 heteroatoms. The number of carboxylic acid groups (broad SMARTS) is 1.